The van der Waals surface area contributed by atoms with Crippen LogP contribution in [0.15, 0.2) is 54.6 Å². The smallest absolute Gasteiger partial charge is 0.242 e. The fourth-order valence-electron chi connectivity index (χ4n) is 4.22. The maximum atomic E-state index is 13.2. The molecule has 0 heterocycles. The molecule has 3 rings (SSSR count). The number of rotatable bonds is 9. The van der Waals surface area contributed by atoms with Crippen LogP contribution in [0.3, 0.4) is 0 Å². The van der Waals surface area contributed by atoms with E-state index in [1.165, 1.54) is 18.4 Å². The predicted molar refractivity (Wildman–Crippen MR) is 126 cm³/mol. The summed E-state index contributed by atoms with van der Waals surface area (Å²) in [5, 5.41) is 3.16. The molecule has 2 aromatic carbocycles. The molecule has 166 valence electrons. The van der Waals surface area contributed by atoms with E-state index < -0.39 is 6.04 Å². The third-order valence-electron chi connectivity index (χ3n) is 6.34. The highest BCUT2D eigenvalue weighted by Gasteiger charge is 2.28. The molecule has 1 N–H and O–H groups in total. The Morgan fingerprint density at radius 3 is 2.19 bits per heavy atom. The topological polar surface area (TPSA) is 49.4 Å². The standard InChI is InChI=1S/C27H36N2O2/c1-20(2)24-16-13-22(14-17-24)15-18-26(30)29(19-23-9-5-4-6-10-23)21(3)27(31)28-25-11-7-8-12-25/h4-6,9-10,13-14,16-17,20-21,25H,7-8,11-12,15,18-19H2,1-3H3,(H,28,31). The van der Waals surface area contributed by atoms with Crippen LogP contribution in [0, 0.1) is 0 Å². The Morgan fingerprint density at radius 2 is 1.58 bits per heavy atom. The molecule has 31 heavy (non-hydrogen) atoms. The van der Waals surface area contributed by atoms with E-state index in [1.807, 2.05) is 37.3 Å². The van der Waals surface area contributed by atoms with Crippen molar-refractivity contribution < 1.29 is 9.59 Å². The van der Waals surface area contributed by atoms with Crippen LogP contribution in [0.1, 0.15) is 75.5 Å². The number of carbonyl (C=O) groups is 2. The zero-order valence-corrected chi connectivity index (χ0v) is 19.1. The van der Waals surface area contributed by atoms with E-state index in [0.717, 1.165) is 24.0 Å². The number of hydrogen-bond acceptors (Lipinski definition) is 2. The van der Waals surface area contributed by atoms with Crippen molar-refractivity contribution in [3.63, 3.8) is 0 Å². The van der Waals surface area contributed by atoms with Gasteiger partial charge in [0.05, 0.1) is 0 Å². The summed E-state index contributed by atoms with van der Waals surface area (Å²) >= 11 is 0. The van der Waals surface area contributed by atoms with Gasteiger partial charge in [-0.3, -0.25) is 9.59 Å². The van der Waals surface area contributed by atoms with Crippen molar-refractivity contribution in [2.75, 3.05) is 0 Å². The second-order valence-electron chi connectivity index (χ2n) is 9.07. The van der Waals surface area contributed by atoms with Gasteiger partial charge in [0.1, 0.15) is 6.04 Å². The summed E-state index contributed by atoms with van der Waals surface area (Å²) in [5.41, 5.74) is 3.50. The number of nitrogens with zero attached hydrogens (tertiary/aromatic N) is 1. The van der Waals surface area contributed by atoms with Gasteiger partial charge in [0.2, 0.25) is 11.8 Å². The molecule has 2 aromatic rings. The van der Waals surface area contributed by atoms with Crippen LogP contribution >= 0.6 is 0 Å². The highest BCUT2D eigenvalue weighted by molar-refractivity contribution is 5.87. The zero-order valence-electron chi connectivity index (χ0n) is 19.1. The van der Waals surface area contributed by atoms with E-state index in [-0.39, 0.29) is 17.9 Å². The first kappa shape index (κ1) is 23.1. The summed E-state index contributed by atoms with van der Waals surface area (Å²) in [7, 11) is 0. The summed E-state index contributed by atoms with van der Waals surface area (Å²) in [6, 6.07) is 18.2. The second-order valence-corrected chi connectivity index (χ2v) is 9.07. The molecule has 4 heteroatoms. The third kappa shape index (κ3) is 6.68. The molecule has 0 aromatic heterocycles. The van der Waals surface area contributed by atoms with Crippen molar-refractivity contribution >= 4 is 11.8 Å². The molecule has 1 atom stereocenters. The van der Waals surface area contributed by atoms with E-state index in [1.54, 1.807) is 4.90 Å². The van der Waals surface area contributed by atoms with Crippen LogP contribution < -0.4 is 5.32 Å². The van der Waals surface area contributed by atoms with Gasteiger partial charge in [-0.15, -0.1) is 0 Å². The lowest BCUT2D eigenvalue weighted by Gasteiger charge is -2.30. The highest BCUT2D eigenvalue weighted by Crippen LogP contribution is 2.19. The molecule has 0 aliphatic heterocycles. The van der Waals surface area contributed by atoms with Crippen molar-refractivity contribution in [1.82, 2.24) is 10.2 Å². The first-order chi connectivity index (χ1) is 14.9. The number of nitrogens with one attached hydrogen (secondary N) is 1. The van der Waals surface area contributed by atoms with Gasteiger partial charge in [0.25, 0.3) is 0 Å². The molecular weight excluding hydrogens is 384 g/mol. The summed E-state index contributed by atoms with van der Waals surface area (Å²) < 4.78 is 0. The largest absolute Gasteiger partial charge is 0.352 e. The third-order valence-corrected chi connectivity index (χ3v) is 6.34. The monoisotopic (exact) mass is 420 g/mol. The summed E-state index contributed by atoms with van der Waals surface area (Å²) in [5.74, 6) is 0.472. The highest BCUT2D eigenvalue weighted by atomic mass is 16.2. The zero-order chi connectivity index (χ0) is 22.2. The van der Waals surface area contributed by atoms with E-state index >= 15 is 0 Å². The average molecular weight is 421 g/mol. The lowest BCUT2D eigenvalue weighted by atomic mass is 10.00. The van der Waals surface area contributed by atoms with Gasteiger partial charge in [-0.25, -0.2) is 0 Å². The van der Waals surface area contributed by atoms with Crippen LogP contribution in [0.25, 0.3) is 0 Å². The fourth-order valence-corrected chi connectivity index (χ4v) is 4.22. The van der Waals surface area contributed by atoms with E-state index in [9.17, 15) is 9.59 Å². The van der Waals surface area contributed by atoms with Gasteiger partial charge in [-0.05, 0) is 48.8 Å². The van der Waals surface area contributed by atoms with Gasteiger partial charge in [-0.1, -0.05) is 81.3 Å². The molecule has 1 fully saturated rings. The Labute approximate surface area is 187 Å². The maximum absolute atomic E-state index is 13.2. The maximum Gasteiger partial charge on any atom is 0.242 e. The van der Waals surface area contributed by atoms with Crippen molar-refractivity contribution in [1.29, 1.82) is 0 Å². The van der Waals surface area contributed by atoms with Crippen molar-refractivity contribution in [2.24, 2.45) is 0 Å². The van der Waals surface area contributed by atoms with Gasteiger partial charge in [-0.2, -0.15) is 0 Å². The minimum atomic E-state index is -0.489. The molecule has 0 radical (unpaired) electrons. The Balaban J connectivity index is 1.66. The lowest BCUT2D eigenvalue weighted by molar-refractivity contribution is -0.140. The summed E-state index contributed by atoms with van der Waals surface area (Å²) in [4.78, 5) is 27.9. The van der Waals surface area contributed by atoms with Crippen LogP contribution in [0.2, 0.25) is 0 Å². The van der Waals surface area contributed by atoms with Gasteiger partial charge in [0.15, 0.2) is 0 Å². The van der Waals surface area contributed by atoms with E-state index in [0.29, 0.717) is 25.3 Å². The molecular formula is C27H36N2O2. The molecule has 1 unspecified atom stereocenters. The van der Waals surface area contributed by atoms with E-state index in [4.69, 9.17) is 0 Å². The number of hydrogen-bond donors (Lipinski definition) is 1. The SMILES string of the molecule is CC(C)c1ccc(CCC(=O)N(Cc2ccccc2)C(C)C(=O)NC2CCCC2)cc1. The molecule has 1 aliphatic carbocycles. The minimum Gasteiger partial charge on any atom is -0.352 e. The molecule has 1 aliphatic rings. The van der Waals surface area contributed by atoms with Crippen molar-refractivity contribution in [3.05, 3.63) is 71.3 Å². The van der Waals surface area contributed by atoms with Crippen LogP contribution in [-0.2, 0) is 22.6 Å². The number of aryl methyl sites for hydroxylation is 1. The number of amides is 2. The predicted octanol–water partition coefficient (Wildman–Crippen LogP) is 5.22. The van der Waals surface area contributed by atoms with Crippen molar-refractivity contribution in [2.45, 2.75) is 83.8 Å². The molecule has 4 nitrogen and oxygen atoms in total. The second kappa shape index (κ2) is 11.1. The van der Waals surface area contributed by atoms with Gasteiger partial charge < -0.3 is 10.2 Å². The normalized spacial score (nSPS) is 15.1. The molecule has 1 saturated carbocycles. The number of benzene rings is 2. The molecule has 0 spiro atoms. The lowest BCUT2D eigenvalue weighted by Crippen LogP contribution is -2.49. The first-order valence-corrected chi connectivity index (χ1v) is 11.7. The first-order valence-electron chi connectivity index (χ1n) is 11.7. The van der Waals surface area contributed by atoms with Crippen molar-refractivity contribution in [3.8, 4) is 0 Å². The Hall–Kier alpha value is -2.62. The van der Waals surface area contributed by atoms with Crippen LogP contribution in [0.5, 0.6) is 0 Å². The van der Waals surface area contributed by atoms with Crippen LogP contribution in [0.4, 0.5) is 0 Å². The Morgan fingerprint density at radius 1 is 0.935 bits per heavy atom. The number of carbonyl (C=O) groups excluding carboxylic acids is 2. The summed E-state index contributed by atoms with van der Waals surface area (Å²) in [6.07, 6.45) is 5.49. The minimum absolute atomic E-state index is 0.0193. The molecule has 0 bridgehead atoms. The molecule has 0 saturated heterocycles. The average Bonchev–Trinajstić information content (AvgIpc) is 3.29. The fraction of sp³-hybridized carbons (Fsp3) is 0.481. The molecule has 2 amide bonds. The quantitative estimate of drug-likeness (QED) is 0.605. The van der Waals surface area contributed by atoms with E-state index in [2.05, 4.69) is 43.4 Å². The van der Waals surface area contributed by atoms with Gasteiger partial charge >= 0.3 is 0 Å². The van der Waals surface area contributed by atoms with Crippen LogP contribution in [-0.4, -0.2) is 28.8 Å². The Kier molecular flexibility index (Phi) is 8.27. The van der Waals surface area contributed by atoms with Gasteiger partial charge in [0, 0.05) is 19.0 Å². The summed E-state index contributed by atoms with van der Waals surface area (Å²) in [6.45, 7) is 6.66. The Bertz CT molecular complexity index is 839.